The number of hydrogen-bond donors (Lipinski definition) is 1. The smallest absolute Gasteiger partial charge is 0.129 e. The molecule has 0 aliphatic rings. The van der Waals surface area contributed by atoms with Crippen molar-refractivity contribution in [1.29, 1.82) is 0 Å². The molecule has 3 nitrogen and oxygen atoms in total. The number of aliphatic hydroxyl groups excluding tert-OH is 1. The lowest BCUT2D eigenvalue weighted by molar-refractivity contribution is 0.245. The largest absolute Gasteiger partial charge is 0.469 e. The molecule has 90 valence electrons. The van der Waals surface area contributed by atoms with Crippen molar-refractivity contribution in [3.8, 4) is 0 Å². The molecule has 16 heavy (non-hydrogen) atoms. The van der Waals surface area contributed by atoms with Crippen LogP contribution in [0.15, 0.2) is 39.4 Å². The highest BCUT2D eigenvalue weighted by Crippen LogP contribution is 2.04. The van der Waals surface area contributed by atoms with Crippen LogP contribution in [0.2, 0.25) is 0 Å². The monoisotopic (exact) mass is 224 g/mol. The lowest BCUT2D eigenvalue weighted by Crippen LogP contribution is -1.73. The molecule has 0 saturated heterocycles. The highest BCUT2D eigenvalue weighted by molar-refractivity contribution is 5.03. The zero-order valence-electron chi connectivity index (χ0n) is 9.06. The van der Waals surface area contributed by atoms with E-state index >= 15 is 0 Å². The molecule has 0 radical (unpaired) electrons. The molecular weight excluding hydrogens is 204 g/mol. The fraction of sp³-hybridized carbons (Fsp3) is 0.385. The highest BCUT2D eigenvalue weighted by Gasteiger charge is 1.92. The van der Waals surface area contributed by atoms with Gasteiger partial charge in [0.05, 0.1) is 6.26 Å². The molecule has 0 unspecified atom stereocenters. The summed E-state index contributed by atoms with van der Waals surface area (Å²) in [6, 6.07) is 7.46. The Kier molecular flexibility index (Phi) is 7.05. The van der Waals surface area contributed by atoms with Gasteiger partial charge in [-0.2, -0.15) is 0 Å². The van der Waals surface area contributed by atoms with E-state index in [2.05, 4.69) is 6.92 Å². The molecule has 0 bridgehead atoms. The highest BCUT2D eigenvalue weighted by atomic mass is 16.4. The van der Waals surface area contributed by atoms with Crippen molar-refractivity contribution < 1.29 is 13.9 Å². The summed E-state index contributed by atoms with van der Waals surface area (Å²) in [5, 5.41) is 8.46. The van der Waals surface area contributed by atoms with Gasteiger partial charge in [0.1, 0.15) is 23.9 Å². The summed E-state index contributed by atoms with van der Waals surface area (Å²) < 4.78 is 9.97. The fourth-order valence-electron chi connectivity index (χ4n) is 1.08. The van der Waals surface area contributed by atoms with Gasteiger partial charge in [0.15, 0.2) is 0 Å². The van der Waals surface area contributed by atoms with Crippen molar-refractivity contribution in [3.05, 3.63) is 47.8 Å². The van der Waals surface area contributed by atoms with E-state index in [4.69, 9.17) is 13.9 Å². The third kappa shape index (κ3) is 4.84. The minimum absolute atomic E-state index is 0. The summed E-state index contributed by atoms with van der Waals surface area (Å²) in [5.74, 6) is 2.52. The maximum Gasteiger partial charge on any atom is 0.129 e. The molecule has 0 fully saturated rings. The van der Waals surface area contributed by atoms with Crippen LogP contribution in [-0.2, 0) is 13.0 Å². The lowest BCUT2D eigenvalue weighted by Gasteiger charge is -1.82. The first-order valence-electron chi connectivity index (χ1n) is 4.94. The lowest BCUT2D eigenvalue weighted by atomic mass is 10.4. The molecule has 1 N–H and O–H groups in total. The Morgan fingerprint density at radius 2 is 1.94 bits per heavy atom. The molecule has 0 aliphatic carbocycles. The van der Waals surface area contributed by atoms with Gasteiger partial charge in [0.25, 0.3) is 0 Å². The first-order valence-corrected chi connectivity index (χ1v) is 4.94. The summed E-state index contributed by atoms with van der Waals surface area (Å²) in [6.07, 6.45) is 2.69. The van der Waals surface area contributed by atoms with Crippen LogP contribution in [-0.4, -0.2) is 5.11 Å². The van der Waals surface area contributed by atoms with Crippen LogP contribution < -0.4 is 0 Å². The summed E-state index contributed by atoms with van der Waals surface area (Å²) in [7, 11) is 0. The van der Waals surface area contributed by atoms with Gasteiger partial charge in [-0.15, -0.1) is 0 Å². The van der Waals surface area contributed by atoms with Crippen molar-refractivity contribution in [3.63, 3.8) is 0 Å². The van der Waals surface area contributed by atoms with Gasteiger partial charge in [-0.1, -0.05) is 14.4 Å². The average molecular weight is 224 g/mol. The Morgan fingerprint density at radius 1 is 1.19 bits per heavy atom. The van der Waals surface area contributed by atoms with Gasteiger partial charge >= 0.3 is 0 Å². The van der Waals surface area contributed by atoms with Crippen molar-refractivity contribution >= 4 is 0 Å². The Balaban J connectivity index is 0.000000267. The molecule has 0 aromatic carbocycles. The van der Waals surface area contributed by atoms with E-state index in [9.17, 15) is 0 Å². The first kappa shape index (κ1) is 14.5. The van der Waals surface area contributed by atoms with Crippen LogP contribution in [0.4, 0.5) is 0 Å². The molecule has 0 amide bonds. The van der Waals surface area contributed by atoms with Crippen LogP contribution >= 0.6 is 0 Å². The Morgan fingerprint density at radius 3 is 2.19 bits per heavy atom. The molecule has 0 atom stereocenters. The molecule has 2 heterocycles. The Hall–Kier alpha value is -1.48. The van der Waals surface area contributed by atoms with Gasteiger partial charge < -0.3 is 13.9 Å². The van der Waals surface area contributed by atoms with E-state index in [0.29, 0.717) is 5.76 Å². The van der Waals surface area contributed by atoms with Crippen LogP contribution in [0.1, 0.15) is 31.6 Å². The van der Waals surface area contributed by atoms with Crippen molar-refractivity contribution in [1.82, 2.24) is 0 Å². The van der Waals surface area contributed by atoms with Crippen LogP contribution in [0.25, 0.3) is 0 Å². The summed E-state index contributed by atoms with van der Waals surface area (Å²) in [5.41, 5.74) is 0. The molecular formula is C13H20O3. The minimum atomic E-state index is -0.00611. The van der Waals surface area contributed by atoms with E-state index in [1.807, 2.05) is 25.1 Å². The molecule has 2 aromatic rings. The van der Waals surface area contributed by atoms with Gasteiger partial charge in [-0.25, -0.2) is 0 Å². The number of rotatable bonds is 2. The van der Waals surface area contributed by atoms with Crippen molar-refractivity contribution in [2.24, 2.45) is 0 Å². The molecule has 2 rings (SSSR count). The normalized spacial score (nSPS) is 8.94. The zero-order chi connectivity index (χ0) is 11.1. The Labute approximate surface area is 96.7 Å². The quantitative estimate of drug-likeness (QED) is 0.848. The number of aliphatic hydroxyl groups is 1. The maximum atomic E-state index is 8.46. The summed E-state index contributed by atoms with van der Waals surface area (Å²) >= 11 is 0. The SMILES string of the molecule is C.CCc1ccco1.Cc1ccc(CO)o1. The second-order valence-electron chi connectivity index (χ2n) is 3.10. The molecule has 2 aromatic heterocycles. The number of furan rings is 2. The third-order valence-electron chi connectivity index (χ3n) is 1.88. The minimum Gasteiger partial charge on any atom is -0.469 e. The molecule has 3 heteroatoms. The van der Waals surface area contributed by atoms with E-state index < -0.39 is 0 Å². The maximum absolute atomic E-state index is 8.46. The summed E-state index contributed by atoms with van der Waals surface area (Å²) in [4.78, 5) is 0. The van der Waals surface area contributed by atoms with Gasteiger partial charge in [0, 0.05) is 6.42 Å². The van der Waals surface area contributed by atoms with Crippen molar-refractivity contribution in [2.75, 3.05) is 0 Å². The second kappa shape index (κ2) is 7.77. The van der Waals surface area contributed by atoms with E-state index in [-0.39, 0.29) is 14.0 Å². The second-order valence-corrected chi connectivity index (χ2v) is 3.10. The third-order valence-corrected chi connectivity index (χ3v) is 1.88. The van der Waals surface area contributed by atoms with Gasteiger partial charge in [0.2, 0.25) is 0 Å². The number of hydrogen-bond acceptors (Lipinski definition) is 3. The average Bonchev–Trinajstić information content (AvgIpc) is 2.88. The standard InChI is InChI=1S/C6H8O2.C6H8O.CH4/c1-5-2-3-6(4-7)8-5;1-2-6-4-3-5-7-6;/h2-3,7H,4H2,1H3;3-5H,2H2,1H3;1H4. The van der Waals surface area contributed by atoms with Crippen molar-refractivity contribution in [2.45, 2.75) is 34.3 Å². The number of aryl methyl sites for hydroxylation is 2. The van der Waals surface area contributed by atoms with Crippen LogP contribution in [0.3, 0.4) is 0 Å². The van der Waals surface area contributed by atoms with Gasteiger partial charge in [-0.05, 0) is 31.2 Å². The predicted molar refractivity (Wildman–Crippen MR) is 64.2 cm³/mol. The Bertz CT molecular complexity index is 360. The zero-order valence-corrected chi connectivity index (χ0v) is 9.06. The van der Waals surface area contributed by atoms with Crippen LogP contribution in [0, 0.1) is 6.92 Å². The first-order chi connectivity index (χ1) is 7.26. The predicted octanol–water partition coefficient (Wildman–Crippen LogP) is 3.56. The molecule has 0 spiro atoms. The van der Waals surface area contributed by atoms with Crippen LogP contribution in [0.5, 0.6) is 0 Å². The van der Waals surface area contributed by atoms with Gasteiger partial charge in [-0.3, -0.25) is 0 Å². The fourth-order valence-corrected chi connectivity index (χ4v) is 1.08. The molecule has 0 saturated carbocycles. The van der Waals surface area contributed by atoms with E-state index in [1.54, 1.807) is 12.3 Å². The topological polar surface area (TPSA) is 46.5 Å². The van der Waals surface area contributed by atoms with E-state index in [1.165, 1.54) is 0 Å². The van der Waals surface area contributed by atoms with E-state index in [0.717, 1.165) is 17.9 Å². The molecule has 0 aliphatic heterocycles. The summed E-state index contributed by atoms with van der Waals surface area (Å²) in [6.45, 7) is 3.91.